The predicted molar refractivity (Wildman–Crippen MR) is 36.2 cm³/mol. The summed E-state index contributed by atoms with van der Waals surface area (Å²) in [7, 11) is 0. The third kappa shape index (κ3) is 0.863. The van der Waals surface area contributed by atoms with Crippen LogP contribution in [0.5, 0.6) is 0 Å². The van der Waals surface area contributed by atoms with E-state index in [1.54, 1.807) is 0 Å². The lowest BCUT2D eigenvalue weighted by Gasteiger charge is -1.77. The van der Waals surface area contributed by atoms with Crippen LogP contribution in [0.15, 0.2) is 0 Å². The molecule has 36 valence electrons. The Morgan fingerprint density at radius 1 is 1.83 bits per heavy atom. The summed E-state index contributed by atoms with van der Waals surface area (Å²) in [6, 6.07) is 0. The first-order chi connectivity index (χ1) is 2.84. The zero-order valence-electron chi connectivity index (χ0n) is 3.95. The monoisotopic (exact) mass is 196 g/mol. The van der Waals surface area contributed by atoms with Gasteiger partial charge >= 0.3 is 0 Å². The lowest BCUT2D eigenvalue weighted by Crippen LogP contribution is -1.69. The lowest BCUT2D eigenvalue weighted by atomic mass is 10.3. The van der Waals surface area contributed by atoms with E-state index in [0.717, 1.165) is 9.84 Å². The summed E-state index contributed by atoms with van der Waals surface area (Å²) in [5.74, 6) is 1.09. The Morgan fingerprint density at radius 3 is 2.33 bits per heavy atom. The van der Waals surface area contributed by atoms with Crippen LogP contribution < -0.4 is 0 Å². The minimum Gasteiger partial charge on any atom is -0.0823 e. The molecule has 1 aliphatic rings. The van der Waals surface area contributed by atoms with Crippen molar-refractivity contribution in [3.63, 3.8) is 0 Å². The second-order valence-corrected chi connectivity index (χ2v) is 3.52. The van der Waals surface area contributed by atoms with Crippen LogP contribution in [0.1, 0.15) is 19.8 Å². The molecule has 2 atom stereocenters. The van der Waals surface area contributed by atoms with E-state index in [4.69, 9.17) is 0 Å². The van der Waals surface area contributed by atoms with E-state index in [0.29, 0.717) is 0 Å². The minimum absolute atomic E-state index is 1.03. The van der Waals surface area contributed by atoms with Gasteiger partial charge in [0.1, 0.15) is 0 Å². The van der Waals surface area contributed by atoms with Crippen LogP contribution in [-0.4, -0.2) is 3.92 Å². The van der Waals surface area contributed by atoms with Crippen LogP contribution in [0.25, 0.3) is 0 Å². The molecule has 0 bridgehead atoms. The summed E-state index contributed by atoms with van der Waals surface area (Å²) in [6.07, 6.45) is 2.88. The summed E-state index contributed by atoms with van der Waals surface area (Å²) in [6.45, 7) is 2.27. The second kappa shape index (κ2) is 1.68. The normalized spacial score (nSPS) is 43.0. The van der Waals surface area contributed by atoms with Gasteiger partial charge in [-0.05, 0) is 12.3 Å². The van der Waals surface area contributed by atoms with Gasteiger partial charge in [0.2, 0.25) is 0 Å². The second-order valence-electron chi connectivity index (χ2n) is 1.92. The number of hydrogen-bond acceptors (Lipinski definition) is 0. The molecule has 1 rings (SSSR count). The molecule has 1 heteroatoms. The van der Waals surface area contributed by atoms with Crippen molar-refractivity contribution in [3.8, 4) is 0 Å². The number of alkyl halides is 1. The molecule has 0 aromatic carbocycles. The highest BCUT2D eigenvalue weighted by atomic mass is 127. The van der Waals surface area contributed by atoms with Crippen LogP contribution in [0, 0.1) is 5.92 Å². The number of halogens is 1. The van der Waals surface area contributed by atoms with Crippen molar-refractivity contribution in [2.24, 2.45) is 5.92 Å². The molecule has 0 radical (unpaired) electrons. The van der Waals surface area contributed by atoms with Crippen molar-refractivity contribution in [3.05, 3.63) is 0 Å². The Labute approximate surface area is 52.5 Å². The quantitative estimate of drug-likeness (QED) is 0.445. The average Bonchev–Trinajstić information content (AvgIpc) is 2.19. The average molecular weight is 196 g/mol. The summed E-state index contributed by atoms with van der Waals surface area (Å²) >= 11 is 2.52. The van der Waals surface area contributed by atoms with Crippen LogP contribution in [-0.2, 0) is 0 Å². The fourth-order valence-electron chi connectivity index (χ4n) is 0.633. The molecule has 1 saturated carbocycles. The SMILES string of the molecule is CCC1CC1I. The van der Waals surface area contributed by atoms with Crippen molar-refractivity contribution >= 4 is 22.6 Å². The van der Waals surface area contributed by atoms with Gasteiger partial charge in [0, 0.05) is 3.92 Å². The van der Waals surface area contributed by atoms with Gasteiger partial charge in [-0.1, -0.05) is 35.9 Å². The van der Waals surface area contributed by atoms with E-state index < -0.39 is 0 Å². The van der Waals surface area contributed by atoms with E-state index in [9.17, 15) is 0 Å². The molecular weight excluding hydrogens is 187 g/mol. The maximum Gasteiger partial charge on any atom is 0.0141 e. The molecule has 0 aliphatic heterocycles. The number of rotatable bonds is 1. The Morgan fingerprint density at radius 2 is 2.33 bits per heavy atom. The van der Waals surface area contributed by atoms with Crippen LogP contribution in [0.2, 0.25) is 0 Å². The van der Waals surface area contributed by atoms with Crippen molar-refractivity contribution in [1.29, 1.82) is 0 Å². The molecule has 0 spiro atoms. The molecule has 0 N–H and O–H groups in total. The highest BCUT2D eigenvalue weighted by Gasteiger charge is 2.31. The van der Waals surface area contributed by atoms with Gasteiger partial charge in [-0.2, -0.15) is 0 Å². The first-order valence-corrected chi connectivity index (χ1v) is 3.73. The first-order valence-electron chi connectivity index (χ1n) is 2.48. The summed E-state index contributed by atoms with van der Waals surface area (Å²) in [4.78, 5) is 0. The maximum atomic E-state index is 2.52. The fourth-order valence-corrected chi connectivity index (χ4v) is 1.79. The molecule has 1 fully saturated rings. The van der Waals surface area contributed by atoms with E-state index in [-0.39, 0.29) is 0 Å². The van der Waals surface area contributed by atoms with Gasteiger partial charge in [0.05, 0.1) is 0 Å². The summed E-state index contributed by atoms with van der Waals surface area (Å²) < 4.78 is 1.03. The molecule has 0 amide bonds. The van der Waals surface area contributed by atoms with E-state index >= 15 is 0 Å². The standard InChI is InChI=1S/C5H9I/c1-2-4-3-5(4)6/h4-5H,2-3H2,1H3. The van der Waals surface area contributed by atoms with Gasteiger partial charge in [-0.15, -0.1) is 0 Å². The van der Waals surface area contributed by atoms with Crippen LogP contribution in [0.3, 0.4) is 0 Å². The van der Waals surface area contributed by atoms with Gasteiger partial charge in [-0.3, -0.25) is 0 Å². The van der Waals surface area contributed by atoms with Gasteiger partial charge in [-0.25, -0.2) is 0 Å². The van der Waals surface area contributed by atoms with Crippen molar-refractivity contribution in [1.82, 2.24) is 0 Å². The van der Waals surface area contributed by atoms with Gasteiger partial charge in [0.15, 0.2) is 0 Å². The number of hydrogen-bond donors (Lipinski definition) is 0. The fraction of sp³-hybridized carbons (Fsp3) is 1.00. The summed E-state index contributed by atoms with van der Waals surface area (Å²) in [5, 5.41) is 0. The highest BCUT2D eigenvalue weighted by Crippen LogP contribution is 2.40. The zero-order valence-corrected chi connectivity index (χ0v) is 6.10. The zero-order chi connectivity index (χ0) is 4.57. The first kappa shape index (κ1) is 4.88. The molecule has 6 heavy (non-hydrogen) atoms. The molecule has 0 heterocycles. The van der Waals surface area contributed by atoms with E-state index in [1.165, 1.54) is 12.8 Å². The predicted octanol–water partition coefficient (Wildman–Crippen LogP) is 2.22. The molecular formula is C5H9I. The Hall–Kier alpha value is 0.730. The van der Waals surface area contributed by atoms with Crippen LogP contribution in [0.4, 0.5) is 0 Å². The van der Waals surface area contributed by atoms with Gasteiger partial charge < -0.3 is 0 Å². The van der Waals surface area contributed by atoms with Crippen molar-refractivity contribution < 1.29 is 0 Å². The van der Waals surface area contributed by atoms with E-state index in [2.05, 4.69) is 29.5 Å². The third-order valence-corrected chi connectivity index (χ3v) is 2.89. The highest BCUT2D eigenvalue weighted by molar-refractivity contribution is 14.1. The molecule has 0 aromatic heterocycles. The molecule has 0 nitrogen and oxygen atoms in total. The Balaban J connectivity index is 2.09. The Bertz CT molecular complexity index is 49.9. The third-order valence-electron chi connectivity index (χ3n) is 1.36. The topological polar surface area (TPSA) is 0 Å². The van der Waals surface area contributed by atoms with Crippen molar-refractivity contribution in [2.45, 2.75) is 23.7 Å². The minimum atomic E-state index is 1.03. The van der Waals surface area contributed by atoms with E-state index in [1.807, 2.05) is 0 Å². The molecule has 1 aliphatic carbocycles. The Kier molecular flexibility index (Phi) is 1.37. The molecule has 2 unspecified atom stereocenters. The lowest BCUT2D eigenvalue weighted by molar-refractivity contribution is 0.807. The smallest absolute Gasteiger partial charge is 0.0141 e. The van der Waals surface area contributed by atoms with Gasteiger partial charge in [0.25, 0.3) is 0 Å². The molecule has 0 aromatic rings. The molecule has 0 saturated heterocycles. The largest absolute Gasteiger partial charge is 0.0823 e. The maximum absolute atomic E-state index is 2.52. The van der Waals surface area contributed by atoms with Crippen LogP contribution >= 0.6 is 22.6 Å². The summed E-state index contributed by atoms with van der Waals surface area (Å²) in [5.41, 5.74) is 0. The van der Waals surface area contributed by atoms with Crippen molar-refractivity contribution in [2.75, 3.05) is 0 Å².